The largest absolute Gasteiger partial charge is 0.497 e. The Morgan fingerprint density at radius 2 is 1.71 bits per heavy atom. The average molecular weight is 554 g/mol. The van der Waals surface area contributed by atoms with Gasteiger partial charge in [-0.15, -0.1) is 0 Å². The first kappa shape index (κ1) is 27.1. The number of amides is 1. The zero-order chi connectivity index (χ0) is 27.3. The molecular weight excluding hydrogens is 526 g/mol. The van der Waals surface area contributed by atoms with Crippen LogP contribution in [0.3, 0.4) is 0 Å². The van der Waals surface area contributed by atoms with Crippen molar-refractivity contribution in [2.45, 2.75) is 31.7 Å². The van der Waals surface area contributed by atoms with Crippen molar-refractivity contribution in [1.82, 2.24) is 4.57 Å². The maximum Gasteiger partial charge on any atom is 0.326 e. The summed E-state index contributed by atoms with van der Waals surface area (Å²) in [4.78, 5) is 30.0. The topological polar surface area (TPSA) is 116 Å². The number of anilines is 1. The molecule has 0 spiro atoms. The number of benzene rings is 3. The van der Waals surface area contributed by atoms with Gasteiger partial charge >= 0.3 is 5.97 Å². The second-order valence-electron chi connectivity index (χ2n) is 8.21. The molecule has 198 valence electrons. The summed E-state index contributed by atoms with van der Waals surface area (Å²) in [5, 5.41) is 0. The fourth-order valence-corrected chi connectivity index (χ4v) is 5.86. The number of aromatic nitrogens is 1. The van der Waals surface area contributed by atoms with Gasteiger partial charge in [-0.25, -0.2) is 8.42 Å². The number of aryl methyl sites for hydroxylation is 1. The highest BCUT2D eigenvalue weighted by atomic mass is 32.2. The highest BCUT2D eigenvalue weighted by Crippen LogP contribution is 2.21. The molecule has 1 N–H and O–H groups in total. The highest BCUT2D eigenvalue weighted by Gasteiger charge is 2.16. The fraction of sp³-hybridized carbons (Fsp3) is 0.222. The fourth-order valence-electron chi connectivity index (χ4n) is 3.71. The van der Waals surface area contributed by atoms with Gasteiger partial charge in [0.05, 0.1) is 28.8 Å². The van der Waals surface area contributed by atoms with Gasteiger partial charge in [0.25, 0.3) is 15.9 Å². The minimum atomic E-state index is -3.82. The summed E-state index contributed by atoms with van der Waals surface area (Å²) < 4.78 is 40.6. The molecule has 3 aromatic carbocycles. The van der Waals surface area contributed by atoms with Crippen LogP contribution in [0, 0.1) is 0 Å². The summed E-state index contributed by atoms with van der Waals surface area (Å²) in [7, 11) is -2.32. The van der Waals surface area contributed by atoms with Gasteiger partial charge in [0.2, 0.25) is 0 Å². The van der Waals surface area contributed by atoms with Crippen LogP contribution in [0.25, 0.3) is 10.2 Å². The second-order valence-corrected chi connectivity index (χ2v) is 10.9. The van der Waals surface area contributed by atoms with Gasteiger partial charge in [0.15, 0.2) is 4.80 Å². The summed E-state index contributed by atoms with van der Waals surface area (Å²) in [6, 6.07) is 17.9. The van der Waals surface area contributed by atoms with Gasteiger partial charge in [0.1, 0.15) is 12.3 Å². The van der Waals surface area contributed by atoms with Gasteiger partial charge in [-0.05, 0) is 79.6 Å². The van der Waals surface area contributed by atoms with Gasteiger partial charge in [-0.1, -0.05) is 24.3 Å². The maximum absolute atomic E-state index is 13.0. The molecule has 0 radical (unpaired) electrons. The van der Waals surface area contributed by atoms with Crippen molar-refractivity contribution in [1.29, 1.82) is 0 Å². The predicted octanol–water partition coefficient (Wildman–Crippen LogP) is 4.38. The number of hydrogen-bond acceptors (Lipinski definition) is 7. The quantitative estimate of drug-likeness (QED) is 0.308. The molecule has 0 unspecified atom stereocenters. The molecule has 1 heterocycles. The van der Waals surface area contributed by atoms with Gasteiger partial charge in [-0.2, -0.15) is 4.99 Å². The molecule has 0 atom stereocenters. The molecule has 0 aliphatic carbocycles. The third kappa shape index (κ3) is 6.12. The van der Waals surface area contributed by atoms with Gasteiger partial charge in [-0.3, -0.25) is 14.3 Å². The number of sulfonamides is 1. The average Bonchev–Trinajstić information content (AvgIpc) is 3.24. The smallest absolute Gasteiger partial charge is 0.326 e. The molecule has 9 nitrogen and oxygen atoms in total. The number of nitrogens with zero attached hydrogens (tertiary/aromatic N) is 2. The van der Waals surface area contributed by atoms with E-state index >= 15 is 0 Å². The Bertz CT molecular complexity index is 1640. The Morgan fingerprint density at radius 1 is 1.00 bits per heavy atom. The summed E-state index contributed by atoms with van der Waals surface area (Å²) in [5.74, 6) is -0.396. The number of esters is 1. The molecule has 0 saturated carbocycles. The van der Waals surface area contributed by atoms with Crippen LogP contribution in [-0.4, -0.2) is 38.6 Å². The summed E-state index contributed by atoms with van der Waals surface area (Å²) in [5.41, 5.74) is 2.48. The van der Waals surface area contributed by atoms with Crippen LogP contribution in [0.2, 0.25) is 0 Å². The van der Waals surface area contributed by atoms with Crippen LogP contribution in [0.1, 0.15) is 29.8 Å². The first-order chi connectivity index (χ1) is 18.2. The van der Waals surface area contributed by atoms with E-state index in [1.807, 2.05) is 18.2 Å². The first-order valence-electron chi connectivity index (χ1n) is 11.9. The van der Waals surface area contributed by atoms with E-state index in [-0.39, 0.29) is 23.6 Å². The molecule has 38 heavy (non-hydrogen) atoms. The molecule has 1 aromatic heterocycles. The minimum absolute atomic E-state index is 0.0719. The van der Waals surface area contributed by atoms with Crippen LogP contribution in [0.4, 0.5) is 5.69 Å². The lowest BCUT2D eigenvalue weighted by Crippen LogP contribution is -2.23. The number of hydrogen-bond donors (Lipinski definition) is 1. The number of ether oxygens (including phenoxy) is 2. The minimum Gasteiger partial charge on any atom is -0.497 e. The van der Waals surface area contributed by atoms with Crippen molar-refractivity contribution in [3.63, 3.8) is 0 Å². The standard InChI is InChI=1S/C27H27N3O6S2/c1-4-18-6-15-23-24(16-18)37-27(30(23)17-25(31)36-5-2)28-26(32)19-7-9-20(10-8-19)29-38(33,34)22-13-11-21(35-3)12-14-22/h6-16,29H,4-5,17H2,1-3H3. The molecule has 1 amide bonds. The summed E-state index contributed by atoms with van der Waals surface area (Å²) in [6.07, 6.45) is 0.853. The first-order valence-corrected chi connectivity index (χ1v) is 14.2. The van der Waals surface area contributed by atoms with Crippen LogP contribution in [0.15, 0.2) is 76.6 Å². The number of fused-ring (bicyclic) bond motifs is 1. The lowest BCUT2D eigenvalue weighted by Gasteiger charge is -2.09. The number of rotatable bonds is 9. The van der Waals surface area contributed by atoms with E-state index < -0.39 is 21.9 Å². The SMILES string of the molecule is CCOC(=O)Cn1c(=NC(=O)c2ccc(NS(=O)(=O)c3ccc(OC)cc3)cc2)sc2cc(CC)ccc21. The van der Waals surface area contributed by atoms with E-state index in [4.69, 9.17) is 9.47 Å². The Balaban J connectivity index is 1.60. The number of methoxy groups -OCH3 is 1. The Kier molecular flexibility index (Phi) is 8.28. The highest BCUT2D eigenvalue weighted by molar-refractivity contribution is 7.92. The van der Waals surface area contributed by atoms with Crippen LogP contribution < -0.4 is 14.3 Å². The Morgan fingerprint density at radius 3 is 2.34 bits per heavy atom. The van der Waals surface area contributed by atoms with Crippen molar-refractivity contribution in [3.05, 3.63) is 82.7 Å². The van der Waals surface area contributed by atoms with Crippen molar-refractivity contribution < 1.29 is 27.5 Å². The normalized spacial score (nSPS) is 11.9. The Labute approximate surface area is 224 Å². The lowest BCUT2D eigenvalue weighted by atomic mass is 10.2. The van der Waals surface area contributed by atoms with E-state index in [9.17, 15) is 18.0 Å². The van der Waals surface area contributed by atoms with Gasteiger partial charge in [0, 0.05) is 11.3 Å². The van der Waals surface area contributed by atoms with Crippen LogP contribution >= 0.6 is 11.3 Å². The number of carbonyl (C=O) groups excluding carboxylic acids is 2. The summed E-state index contributed by atoms with van der Waals surface area (Å²) in [6.45, 7) is 3.97. The third-order valence-corrected chi connectivity index (χ3v) is 8.14. The van der Waals surface area contributed by atoms with Crippen LogP contribution in [0.5, 0.6) is 5.75 Å². The monoisotopic (exact) mass is 553 g/mol. The molecule has 0 saturated heterocycles. The molecule has 0 aliphatic rings. The third-order valence-electron chi connectivity index (χ3n) is 5.70. The predicted molar refractivity (Wildman–Crippen MR) is 146 cm³/mol. The van der Waals surface area contributed by atoms with E-state index in [2.05, 4.69) is 16.6 Å². The molecule has 0 fully saturated rings. The molecular formula is C27H27N3O6S2. The lowest BCUT2D eigenvalue weighted by molar-refractivity contribution is -0.143. The Hall–Kier alpha value is -3.96. The molecule has 11 heteroatoms. The zero-order valence-corrected chi connectivity index (χ0v) is 22.8. The zero-order valence-electron chi connectivity index (χ0n) is 21.1. The van der Waals surface area contributed by atoms with Crippen molar-refractivity contribution in [2.24, 2.45) is 4.99 Å². The second kappa shape index (κ2) is 11.6. The van der Waals surface area contributed by atoms with E-state index in [1.54, 1.807) is 23.6 Å². The number of nitrogens with one attached hydrogen (secondary N) is 1. The molecule has 0 aliphatic heterocycles. The maximum atomic E-state index is 13.0. The number of thiazole rings is 1. The van der Waals surface area contributed by atoms with Crippen LogP contribution in [-0.2, 0) is 32.5 Å². The van der Waals surface area contributed by atoms with E-state index in [0.717, 1.165) is 22.2 Å². The molecule has 4 rings (SSSR count). The van der Waals surface area contributed by atoms with Gasteiger partial charge < -0.3 is 14.0 Å². The van der Waals surface area contributed by atoms with E-state index in [0.29, 0.717) is 16.2 Å². The van der Waals surface area contributed by atoms with Crippen molar-refractivity contribution >= 4 is 49.1 Å². The van der Waals surface area contributed by atoms with Crippen molar-refractivity contribution in [3.8, 4) is 5.75 Å². The molecule has 0 bridgehead atoms. The number of carbonyl (C=O) groups is 2. The summed E-state index contributed by atoms with van der Waals surface area (Å²) >= 11 is 1.31. The molecule has 4 aromatic rings. The van der Waals surface area contributed by atoms with E-state index in [1.165, 1.54) is 54.8 Å². The van der Waals surface area contributed by atoms with Crippen molar-refractivity contribution in [2.75, 3.05) is 18.4 Å².